The van der Waals surface area contributed by atoms with E-state index in [1.54, 1.807) is 0 Å². The van der Waals surface area contributed by atoms with E-state index < -0.39 is 0 Å². The van der Waals surface area contributed by atoms with Crippen molar-refractivity contribution in [2.45, 2.75) is 59.5 Å². The normalized spacial score (nSPS) is 10.9. The zero-order valence-electron chi connectivity index (χ0n) is 18.6. The van der Waals surface area contributed by atoms with Crippen LogP contribution < -0.4 is 4.74 Å². The van der Waals surface area contributed by atoms with Crippen molar-refractivity contribution in [1.82, 2.24) is 0 Å². The van der Waals surface area contributed by atoms with Crippen LogP contribution in [0.1, 0.15) is 55.0 Å². The molecule has 0 unspecified atom stereocenters. The fourth-order valence-electron chi connectivity index (χ4n) is 3.89. The summed E-state index contributed by atoms with van der Waals surface area (Å²) < 4.78 is 6.10. The molecule has 0 fully saturated rings. The number of hydrogen-bond donors (Lipinski definition) is 1. The Labute approximate surface area is 181 Å². The van der Waals surface area contributed by atoms with E-state index in [9.17, 15) is 0 Å². The summed E-state index contributed by atoms with van der Waals surface area (Å²) >= 11 is 0. The average Bonchev–Trinajstić information content (AvgIpc) is 2.81. The first-order valence-corrected chi connectivity index (χ1v) is 11.2. The molecule has 0 aliphatic rings. The van der Waals surface area contributed by atoms with Gasteiger partial charge in [0.1, 0.15) is 12.4 Å². The van der Waals surface area contributed by atoms with Crippen LogP contribution in [0.15, 0.2) is 60.7 Å². The standard InChI is InChI=1S/C28H34O2/c1-4-21-9-11-23(12-10-21)20-30-26-14-16-28(25(6-3)19-26)27-15-13-22(8-7-17-29)18-24(27)5-2/h9-16,18-19,29H,4-8,17,20H2,1-3H3. The van der Waals surface area contributed by atoms with E-state index in [2.05, 4.69) is 81.4 Å². The molecule has 0 amide bonds. The van der Waals surface area contributed by atoms with Crippen LogP contribution in [0.5, 0.6) is 5.75 Å². The second-order valence-electron chi connectivity index (χ2n) is 7.80. The smallest absolute Gasteiger partial charge is 0.120 e. The maximum atomic E-state index is 9.11. The lowest BCUT2D eigenvalue weighted by molar-refractivity contribution is 0.288. The molecule has 0 heterocycles. The van der Waals surface area contributed by atoms with E-state index in [1.807, 2.05) is 0 Å². The van der Waals surface area contributed by atoms with E-state index >= 15 is 0 Å². The minimum atomic E-state index is 0.243. The van der Waals surface area contributed by atoms with Gasteiger partial charge in [-0.05, 0) is 83.2 Å². The first-order valence-electron chi connectivity index (χ1n) is 11.2. The van der Waals surface area contributed by atoms with Crippen LogP contribution in [-0.2, 0) is 32.3 Å². The second-order valence-corrected chi connectivity index (χ2v) is 7.80. The van der Waals surface area contributed by atoms with Gasteiger partial charge < -0.3 is 9.84 Å². The lowest BCUT2D eigenvalue weighted by Crippen LogP contribution is -1.99. The van der Waals surface area contributed by atoms with Gasteiger partial charge in [-0.3, -0.25) is 0 Å². The van der Waals surface area contributed by atoms with E-state index in [0.717, 1.165) is 37.9 Å². The number of aliphatic hydroxyl groups excluding tert-OH is 1. The van der Waals surface area contributed by atoms with Gasteiger partial charge >= 0.3 is 0 Å². The minimum Gasteiger partial charge on any atom is -0.489 e. The molecule has 0 spiro atoms. The average molecular weight is 403 g/mol. The van der Waals surface area contributed by atoms with Gasteiger partial charge in [-0.1, -0.05) is 69.3 Å². The Morgan fingerprint density at radius 1 is 0.667 bits per heavy atom. The summed E-state index contributed by atoms with van der Waals surface area (Å²) in [5, 5.41) is 9.11. The first-order chi connectivity index (χ1) is 14.7. The molecular weight excluding hydrogens is 368 g/mol. The highest BCUT2D eigenvalue weighted by molar-refractivity contribution is 5.72. The van der Waals surface area contributed by atoms with Crippen molar-refractivity contribution in [2.24, 2.45) is 0 Å². The zero-order valence-corrected chi connectivity index (χ0v) is 18.6. The molecule has 3 rings (SSSR count). The molecule has 30 heavy (non-hydrogen) atoms. The van der Waals surface area contributed by atoms with Gasteiger partial charge in [0.15, 0.2) is 0 Å². The number of ether oxygens (including phenoxy) is 1. The molecule has 3 aromatic carbocycles. The van der Waals surface area contributed by atoms with Crippen molar-refractivity contribution in [3.63, 3.8) is 0 Å². The molecule has 0 bridgehead atoms. The largest absolute Gasteiger partial charge is 0.489 e. The molecule has 0 radical (unpaired) electrons. The summed E-state index contributed by atoms with van der Waals surface area (Å²) in [5.74, 6) is 0.924. The molecule has 0 saturated heterocycles. The van der Waals surface area contributed by atoms with Crippen LogP contribution in [0.25, 0.3) is 11.1 Å². The van der Waals surface area contributed by atoms with Gasteiger partial charge in [-0.15, -0.1) is 0 Å². The molecule has 0 saturated carbocycles. The number of aryl methyl sites for hydroxylation is 4. The predicted octanol–water partition coefficient (Wildman–Crippen LogP) is 6.54. The van der Waals surface area contributed by atoms with Gasteiger partial charge in [-0.25, -0.2) is 0 Å². The Morgan fingerprint density at radius 2 is 1.27 bits per heavy atom. The molecule has 0 atom stereocenters. The van der Waals surface area contributed by atoms with Crippen molar-refractivity contribution in [2.75, 3.05) is 6.61 Å². The SMILES string of the molecule is CCc1ccc(COc2ccc(-c3ccc(CCCO)cc3CC)c(CC)c2)cc1. The molecular formula is C28H34O2. The lowest BCUT2D eigenvalue weighted by Gasteiger charge is -2.16. The molecule has 3 aromatic rings. The van der Waals surface area contributed by atoms with Crippen LogP contribution in [0, 0.1) is 0 Å². The Kier molecular flexibility index (Phi) is 8.10. The number of rotatable bonds is 10. The third-order valence-electron chi connectivity index (χ3n) is 5.76. The van der Waals surface area contributed by atoms with Crippen LogP contribution in [0.4, 0.5) is 0 Å². The summed E-state index contributed by atoms with van der Waals surface area (Å²) in [5.41, 5.74) is 9.13. The Morgan fingerprint density at radius 3 is 1.90 bits per heavy atom. The summed E-state index contributed by atoms with van der Waals surface area (Å²) in [7, 11) is 0. The monoisotopic (exact) mass is 402 g/mol. The molecule has 0 aliphatic carbocycles. The maximum absolute atomic E-state index is 9.11. The van der Waals surface area contributed by atoms with Crippen molar-refractivity contribution >= 4 is 0 Å². The predicted molar refractivity (Wildman–Crippen MR) is 126 cm³/mol. The number of benzene rings is 3. The zero-order chi connectivity index (χ0) is 21.3. The van der Waals surface area contributed by atoms with Gasteiger partial charge in [0, 0.05) is 6.61 Å². The van der Waals surface area contributed by atoms with Gasteiger partial charge in [-0.2, -0.15) is 0 Å². The minimum absolute atomic E-state index is 0.243. The van der Waals surface area contributed by atoms with Crippen molar-refractivity contribution in [3.8, 4) is 16.9 Å². The number of hydrogen-bond acceptors (Lipinski definition) is 2. The van der Waals surface area contributed by atoms with Crippen LogP contribution in [0.3, 0.4) is 0 Å². The molecule has 158 valence electrons. The molecule has 2 nitrogen and oxygen atoms in total. The summed E-state index contributed by atoms with van der Waals surface area (Å²) in [6.07, 6.45) is 4.77. The van der Waals surface area contributed by atoms with E-state index in [-0.39, 0.29) is 6.61 Å². The highest BCUT2D eigenvalue weighted by atomic mass is 16.5. The number of aliphatic hydroxyl groups is 1. The van der Waals surface area contributed by atoms with Gasteiger partial charge in [0.05, 0.1) is 0 Å². The van der Waals surface area contributed by atoms with E-state index in [0.29, 0.717) is 6.61 Å². The summed E-state index contributed by atoms with van der Waals surface area (Å²) in [6, 6.07) is 21.9. The van der Waals surface area contributed by atoms with Gasteiger partial charge in [0.25, 0.3) is 0 Å². The highest BCUT2D eigenvalue weighted by Crippen LogP contribution is 2.32. The van der Waals surface area contributed by atoms with E-state index in [4.69, 9.17) is 9.84 Å². The molecule has 0 aromatic heterocycles. The maximum Gasteiger partial charge on any atom is 0.120 e. The molecule has 1 N–H and O–H groups in total. The fourth-order valence-corrected chi connectivity index (χ4v) is 3.89. The summed E-state index contributed by atoms with van der Waals surface area (Å²) in [6.45, 7) is 7.42. The second kappa shape index (κ2) is 11.0. The Balaban J connectivity index is 1.79. The van der Waals surface area contributed by atoms with Crippen molar-refractivity contribution in [3.05, 3.63) is 88.5 Å². The first kappa shape index (κ1) is 22.1. The third kappa shape index (κ3) is 5.52. The Bertz CT molecular complexity index is 941. The third-order valence-corrected chi connectivity index (χ3v) is 5.76. The molecule has 0 aliphatic heterocycles. The van der Waals surface area contributed by atoms with Crippen molar-refractivity contribution < 1.29 is 9.84 Å². The Hall–Kier alpha value is -2.58. The summed E-state index contributed by atoms with van der Waals surface area (Å²) in [4.78, 5) is 0. The van der Waals surface area contributed by atoms with Gasteiger partial charge in [0.2, 0.25) is 0 Å². The van der Waals surface area contributed by atoms with Crippen LogP contribution in [0.2, 0.25) is 0 Å². The lowest BCUT2D eigenvalue weighted by atomic mass is 9.91. The molecule has 2 heteroatoms. The quantitative estimate of drug-likeness (QED) is 0.417. The highest BCUT2D eigenvalue weighted by Gasteiger charge is 2.11. The van der Waals surface area contributed by atoms with Crippen LogP contribution >= 0.6 is 0 Å². The van der Waals surface area contributed by atoms with E-state index in [1.165, 1.54) is 38.9 Å². The van der Waals surface area contributed by atoms with Crippen molar-refractivity contribution in [1.29, 1.82) is 0 Å². The van der Waals surface area contributed by atoms with Crippen LogP contribution in [-0.4, -0.2) is 11.7 Å². The topological polar surface area (TPSA) is 29.5 Å². The fraction of sp³-hybridized carbons (Fsp3) is 0.357.